The summed E-state index contributed by atoms with van der Waals surface area (Å²) in [5.41, 5.74) is 3.04. The van der Waals surface area contributed by atoms with Crippen molar-refractivity contribution in [2.45, 2.75) is 13.3 Å². The molecule has 0 aliphatic rings. The number of benzene rings is 1. The van der Waals surface area contributed by atoms with Crippen molar-refractivity contribution >= 4 is 6.21 Å². The standard InChI is InChI=1S/C15H16N2O/c1-13-6-5-9-15(17-13)12-16-18-11-10-14-7-3-2-4-8-14/h2-9,12H,10-11H2,1H3/b16-12-. The summed E-state index contributed by atoms with van der Waals surface area (Å²) >= 11 is 0. The Morgan fingerprint density at radius 3 is 2.72 bits per heavy atom. The molecule has 0 saturated heterocycles. The van der Waals surface area contributed by atoms with Crippen LogP contribution in [0.1, 0.15) is 17.0 Å². The maximum absolute atomic E-state index is 5.21. The summed E-state index contributed by atoms with van der Waals surface area (Å²) in [6.45, 7) is 2.53. The second-order valence-corrected chi connectivity index (χ2v) is 4.01. The monoisotopic (exact) mass is 240 g/mol. The highest BCUT2D eigenvalue weighted by Gasteiger charge is 1.92. The number of hydrogen-bond acceptors (Lipinski definition) is 3. The molecule has 0 aliphatic carbocycles. The molecule has 1 aromatic heterocycles. The molecule has 0 N–H and O–H groups in total. The summed E-state index contributed by atoms with van der Waals surface area (Å²) in [5.74, 6) is 0. The van der Waals surface area contributed by atoms with E-state index in [4.69, 9.17) is 4.84 Å². The molecule has 0 fully saturated rings. The van der Waals surface area contributed by atoms with E-state index in [1.807, 2.05) is 43.3 Å². The Morgan fingerprint density at radius 2 is 1.94 bits per heavy atom. The molecule has 0 saturated carbocycles. The molecule has 18 heavy (non-hydrogen) atoms. The van der Waals surface area contributed by atoms with Crippen molar-refractivity contribution in [1.29, 1.82) is 0 Å². The smallest absolute Gasteiger partial charge is 0.121 e. The first-order valence-corrected chi connectivity index (χ1v) is 5.97. The third-order valence-electron chi connectivity index (χ3n) is 2.49. The highest BCUT2D eigenvalue weighted by Crippen LogP contribution is 2.00. The lowest BCUT2D eigenvalue weighted by molar-refractivity contribution is 0.149. The Bertz CT molecular complexity index is 509. The molecule has 0 radical (unpaired) electrons. The van der Waals surface area contributed by atoms with Crippen molar-refractivity contribution in [3.63, 3.8) is 0 Å². The van der Waals surface area contributed by atoms with Gasteiger partial charge in [0.15, 0.2) is 0 Å². The zero-order valence-corrected chi connectivity index (χ0v) is 10.4. The summed E-state index contributed by atoms with van der Waals surface area (Å²) in [5, 5.41) is 3.91. The van der Waals surface area contributed by atoms with Crippen molar-refractivity contribution in [2.24, 2.45) is 5.16 Å². The average Bonchev–Trinajstić information content (AvgIpc) is 2.40. The predicted octanol–water partition coefficient (Wildman–Crippen LogP) is 2.98. The van der Waals surface area contributed by atoms with E-state index in [9.17, 15) is 0 Å². The molecule has 3 heteroatoms. The van der Waals surface area contributed by atoms with E-state index < -0.39 is 0 Å². The van der Waals surface area contributed by atoms with Gasteiger partial charge in [0.2, 0.25) is 0 Å². The van der Waals surface area contributed by atoms with Gasteiger partial charge in [-0.2, -0.15) is 0 Å². The number of nitrogens with zero attached hydrogens (tertiary/aromatic N) is 2. The maximum Gasteiger partial charge on any atom is 0.121 e. The highest BCUT2D eigenvalue weighted by molar-refractivity contribution is 5.76. The Kier molecular flexibility index (Phi) is 4.47. The van der Waals surface area contributed by atoms with Crippen molar-refractivity contribution in [3.8, 4) is 0 Å². The Hall–Kier alpha value is -2.16. The number of aromatic nitrogens is 1. The minimum Gasteiger partial charge on any atom is -0.395 e. The average molecular weight is 240 g/mol. The molecule has 0 unspecified atom stereocenters. The molecular formula is C15H16N2O. The summed E-state index contributed by atoms with van der Waals surface area (Å²) in [6, 6.07) is 16.0. The summed E-state index contributed by atoms with van der Waals surface area (Å²) in [6.07, 6.45) is 2.50. The fraction of sp³-hybridized carbons (Fsp3) is 0.200. The van der Waals surface area contributed by atoms with Gasteiger partial charge in [0.05, 0.1) is 11.9 Å². The van der Waals surface area contributed by atoms with E-state index in [0.717, 1.165) is 17.8 Å². The van der Waals surface area contributed by atoms with Crippen LogP contribution in [0.15, 0.2) is 53.7 Å². The Labute approximate surface area is 107 Å². The van der Waals surface area contributed by atoms with Gasteiger partial charge in [0.1, 0.15) is 6.61 Å². The lowest BCUT2D eigenvalue weighted by Crippen LogP contribution is -1.95. The predicted molar refractivity (Wildman–Crippen MR) is 72.7 cm³/mol. The highest BCUT2D eigenvalue weighted by atomic mass is 16.6. The number of oxime groups is 1. The zero-order valence-electron chi connectivity index (χ0n) is 10.4. The quantitative estimate of drug-likeness (QED) is 0.457. The van der Waals surface area contributed by atoms with E-state index in [1.54, 1.807) is 6.21 Å². The molecule has 0 bridgehead atoms. The van der Waals surface area contributed by atoms with Gasteiger partial charge in [-0.1, -0.05) is 41.6 Å². The van der Waals surface area contributed by atoms with Gasteiger partial charge in [-0.25, -0.2) is 0 Å². The van der Waals surface area contributed by atoms with Crippen molar-refractivity contribution < 1.29 is 4.84 Å². The third-order valence-corrected chi connectivity index (χ3v) is 2.49. The van der Waals surface area contributed by atoms with E-state index in [1.165, 1.54) is 5.56 Å². The Balaban J connectivity index is 1.75. The van der Waals surface area contributed by atoms with Gasteiger partial charge in [-0.15, -0.1) is 0 Å². The zero-order chi connectivity index (χ0) is 12.6. The first kappa shape index (κ1) is 12.3. The molecule has 1 aromatic carbocycles. The summed E-state index contributed by atoms with van der Waals surface area (Å²) < 4.78 is 0. The molecule has 92 valence electrons. The molecule has 3 nitrogen and oxygen atoms in total. The maximum atomic E-state index is 5.21. The molecule has 0 aliphatic heterocycles. The molecule has 1 heterocycles. The topological polar surface area (TPSA) is 34.5 Å². The largest absolute Gasteiger partial charge is 0.395 e. The van der Waals surface area contributed by atoms with E-state index >= 15 is 0 Å². The fourth-order valence-corrected chi connectivity index (χ4v) is 1.59. The van der Waals surface area contributed by atoms with Crippen molar-refractivity contribution in [2.75, 3.05) is 6.61 Å². The normalized spacial score (nSPS) is 10.7. The van der Waals surface area contributed by atoms with Crippen LogP contribution in [0.2, 0.25) is 0 Å². The van der Waals surface area contributed by atoms with E-state index in [0.29, 0.717) is 6.61 Å². The lowest BCUT2D eigenvalue weighted by atomic mass is 10.2. The van der Waals surface area contributed by atoms with Crippen LogP contribution in [0, 0.1) is 6.92 Å². The van der Waals surface area contributed by atoms with Gasteiger partial charge >= 0.3 is 0 Å². The van der Waals surface area contributed by atoms with Crippen LogP contribution >= 0.6 is 0 Å². The first-order chi connectivity index (χ1) is 8.84. The van der Waals surface area contributed by atoms with Gasteiger partial charge in [0.25, 0.3) is 0 Å². The SMILES string of the molecule is Cc1cccc(/C=N\OCCc2ccccc2)n1. The van der Waals surface area contributed by atoms with Crippen LogP contribution in [0.3, 0.4) is 0 Å². The molecular weight excluding hydrogens is 224 g/mol. The molecule has 0 atom stereocenters. The minimum atomic E-state index is 0.576. The summed E-state index contributed by atoms with van der Waals surface area (Å²) in [7, 11) is 0. The second kappa shape index (κ2) is 6.55. The van der Waals surface area contributed by atoms with Gasteiger partial charge in [-0.3, -0.25) is 4.98 Å². The third kappa shape index (κ3) is 4.01. The van der Waals surface area contributed by atoms with Crippen LogP contribution < -0.4 is 0 Å². The molecule has 0 spiro atoms. The fourth-order valence-electron chi connectivity index (χ4n) is 1.59. The second-order valence-electron chi connectivity index (χ2n) is 4.01. The lowest BCUT2D eigenvalue weighted by Gasteiger charge is -1.99. The van der Waals surface area contributed by atoms with Crippen molar-refractivity contribution in [3.05, 3.63) is 65.5 Å². The van der Waals surface area contributed by atoms with Crippen LogP contribution in [0.25, 0.3) is 0 Å². The number of rotatable bonds is 5. The summed E-state index contributed by atoms with van der Waals surface area (Å²) in [4.78, 5) is 9.51. The van der Waals surface area contributed by atoms with Gasteiger partial charge in [0, 0.05) is 12.1 Å². The Morgan fingerprint density at radius 1 is 1.11 bits per heavy atom. The molecule has 2 rings (SSSR count). The van der Waals surface area contributed by atoms with Crippen molar-refractivity contribution in [1.82, 2.24) is 4.98 Å². The van der Waals surface area contributed by atoms with E-state index in [2.05, 4.69) is 22.3 Å². The van der Waals surface area contributed by atoms with Gasteiger partial charge in [-0.05, 0) is 24.6 Å². The number of aryl methyl sites for hydroxylation is 1. The minimum absolute atomic E-state index is 0.576. The molecule has 2 aromatic rings. The van der Waals surface area contributed by atoms with Crippen LogP contribution in [0.5, 0.6) is 0 Å². The van der Waals surface area contributed by atoms with E-state index in [-0.39, 0.29) is 0 Å². The first-order valence-electron chi connectivity index (χ1n) is 5.97. The number of pyridine rings is 1. The van der Waals surface area contributed by atoms with Gasteiger partial charge < -0.3 is 4.84 Å². The number of hydrogen-bond donors (Lipinski definition) is 0. The molecule has 0 amide bonds. The van der Waals surface area contributed by atoms with Crippen LogP contribution in [-0.2, 0) is 11.3 Å². The van der Waals surface area contributed by atoms with Crippen LogP contribution in [0.4, 0.5) is 0 Å². The van der Waals surface area contributed by atoms with Crippen LogP contribution in [-0.4, -0.2) is 17.8 Å².